The first-order valence-corrected chi connectivity index (χ1v) is 11.7. The largest absolute Gasteiger partial charge is 0.469 e. The maximum Gasteiger partial charge on any atom is 0.191 e. The number of hydrogen-bond acceptors (Lipinski definition) is 4. The lowest BCUT2D eigenvalue weighted by Crippen LogP contribution is -2.38. The highest BCUT2D eigenvalue weighted by atomic mass is 32.2. The number of nitrogens with one attached hydrogen (secondary N) is 2. The standard InChI is InChI=1S/C23H27N3O3S/c1-18-15-20(10-11-22(18)30(2,27)28)17-26-23(24-13-12-21-9-6-14-29-21)25-16-19-7-4-3-5-8-19/h3-11,14-15H,12-13,16-17H2,1-2H3,(H2,24,25,26). The van der Waals surface area contributed by atoms with Gasteiger partial charge >= 0.3 is 0 Å². The van der Waals surface area contributed by atoms with Crippen molar-refractivity contribution in [3.05, 3.63) is 89.4 Å². The number of rotatable bonds is 8. The first-order chi connectivity index (χ1) is 14.4. The third-order valence-corrected chi connectivity index (χ3v) is 5.86. The summed E-state index contributed by atoms with van der Waals surface area (Å²) in [5.41, 5.74) is 2.84. The summed E-state index contributed by atoms with van der Waals surface area (Å²) in [5, 5.41) is 6.68. The van der Waals surface area contributed by atoms with Crippen LogP contribution in [0.25, 0.3) is 0 Å². The van der Waals surface area contributed by atoms with Crippen molar-refractivity contribution in [3.8, 4) is 0 Å². The summed E-state index contributed by atoms with van der Waals surface area (Å²) in [6, 6.07) is 19.3. The van der Waals surface area contributed by atoms with Crippen molar-refractivity contribution in [2.45, 2.75) is 31.3 Å². The lowest BCUT2D eigenvalue weighted by atomic mass is 10.1. The Kier molecular flexibility index (Phi) is 7.30. The van der Waals surface area contributed by atoms with Crippen LogP contribution in [0.15, 0.2) is 81.2 Å². The van der Waals surface area contributed by atoms with Crippen molar-refractivity contribution in [3.63, 3.8) is 0 Å². The molecule has 0 bridgehead atoms. The summed E-state index contributed by atoms with van der Waals surface area (Å²) in [6.45, 7) is 3.58. The van der Waals surface area contributed by atoms with Gasteiger partial charge in [0.25, 0.3) is 0 Å². The molecule has 0 atom stereocenters. The fourth-order valence-electron chi connectivity index (χ4n) is 3.11. The summed E-state index contributed by atoms with van der Waals surface area (Å²) >= 11 is 0. The van der Waals surface area contributed by atoms with Gasteiger partial charge in [0.2, 0.25) is 0 Å². The zero-order valence-electron chi connectivity index (χ0n) is 17.3. The van der Waals surface area contributed by atoms with Crippen LogP contribution in [0.2, 0.25) is 0 Å². The third kappa shape index (κ3) is 6.49. The first kappa shape index (κ1) is 21.6. The van der Waals surface area contributed by atoms with Crippen LogP contribution in [0.3, 0.4) is 0 Å². The van der Waals surface area contributed by atoms with Gasteiger partial charge in [0.1, 0.15) is 5.76 Å². The van der Waals surface area contributed by atoms with Crippen LogP contribution in [0.1, 0.15) is 22.5 Å². The summed E-state index contributed by atoms with van der Waals surface area (Å²) in [6.07, 6.45) is 3.64. The highest BCUT2D eigenvalue weighted by Crippen LogP contribution is 2.17. The molecule has 0 amide bonds. The van der Waals surface area contributed by atoms with Crippen molar-refractivity contribution in [2.24, 2.45) is 4.99 Å². The van der Waals surface area contributed by atoms with Crippen LogP contribution >= 0.6 is 0 Å². The predicted molar refractivity (Wildman–Crippen MR) is 119 cm³/mol. The van der Waals surface area contributed by atoms with Gasteiger partial charge in [-0.3, -0.25) is 0 Å². The second-order valence-corrected chi connectivity index (χ2v) is 9.12. The molecule has 1 aromatic heterocycles. The Labute approximate surface area is 178 Å². The number of sulfone groups is 1. The molecule has 2 N–H and O–H groups in total. The molecule has 0 radical (unpaired) electrons. The van der Waals surface area contributed by atoms with Crippen LogP contribution in [0.5, 0.6) is 0 Å². The monoisotopic (exact) mass is 425 g/mol. The number of aliphatic imine (C=N–C) groups is 1. The van der Waals surface area contributed by atoms with E-state index in [1.54, 1.807) is 19.3 Å². The van der Waals surface area contributed by atoms with Crippen molar-refractivity contribution >= 4 is 15.8 Å². The Bertz CT molecular complexity index is 1080. The molecule has 0 aliphatic rings. The fraction of sp³-hybridized carbons (Fsp3) is 0.261. The molecule has 0 aliphatic heterocycles. The number of hydrogen-bond donors (Lipinski definition) is 2. The molecule has 30 heavy (non-hydrogen) atoms. The van der Waals surface area contributed by atoms with E-state index >= 15 is 0 Å². The number of guanidine groups is 1. The SMILES string of the molecule is Cc1cc(CN=C(NCCc2ccco2)NCc2ccccc2)ccc1S(C)(=O)=O. The van der Waals surface area contributed by atoms with Gasteiger partial charge in [0.15, 0.2) is 15.8 Å². The number of aryl methyl sites for hydroxylation is 1. The minimum absolute atomic E-state index is 0.356. The third-order valence-electron chi connectivity index (χ3n) is 4.61. The Morgan fingerprint density at radius 2 is 1.80 bits per heavy atom. The van der Waals surface area contributed by atoms with Crippen molar-refractivity contribution in [2.75, 3.05) is 12.8 Å². The predicted octanol–water partition coefficient (Wildman–Crippen LogP) is 3.47. The Morgan fingerprint density at radius 1 is 1.00 bits per heavy atom. The summed E-state index contributed by atoms with van der Waals surface area (Å²) < 4.78 is 29.0. The van der Waals surface area contributed by atoms with Gasteiger partial charge in [-0.1, -0.05) is 42.5 Å². The first-order valence-electron chi connectivity index (χ1n) is 9.80. The van der Waals surface area contributed by atoms with E-state index in [1.165, 1.54) is 6.26 Å². The molecule has 6 nitrogen and oxygen atoms in total. The normalized spacial score (nSPS) is 12.0. The number of benzene rings is 2. The molecule has 0 fully saturated rings. The van der Waals surface area contributed by atoms with Crippen LogP contribution in [0.4, 0.5) is 0 Å². The molecule has 3 rings (SSSR count). The van der Waals surface area contributed by atoms with Crippen LogP contribution in [-0.4, -0.2) is 27.2 Å². The maximum absolute atomic E-state index is 11.8. The molecular formula is C23H27N3O3S. The quantitative estimate of drug-likeness (QED) is 0.426. The van der Waals surface area contributed by atoms with E-state index in [4.69, 9.17) is 4.42 Å². The minimum Gasteiger partial charge on any atom is -0.469 e. The molecule has 7 heteroatoms. The molecule has 0 unspecified atom stereocenters. The van der Waals surface area contributed by atoms with Gasteiger partial charge in [-0.15, -0.1) is 0 Å². The molecule has 0 saturated carbocycles. The maximum atomic E-state index is 11.8. The smallest absolute Gasteiger partial charge is 0.191 e. The van der Waals surface area contributed by atoms with E-state index in [-0.39, 0.29) is 0 Å². The van der Waals surface area contributed by atoms with E-state index in [2.05, 4.69) is 27.8 Å². The average molecular weight is 426 g/mol. The van der Waals surface area contributed by atoms with E-state index in [1.807, 2.05) is 42.5 Å². The molecule has 2 aromatic carbocycles. The average Bonchev–Trinajstić information content (AvgIpc) is 3.23. The van der Waals surface area contributed by atoms with E-state index in [0.717, 1.165) is 28.9 Å². The van der Waals surface area contributed by atoms with Crippen LogP contribution in [-0.2, 0) is 29.3 Å². The Morgan fingerprint density at radius 3 is 2.47 bits per heavy atom. The topological polar surface area (TPSA) is 83.7 Å². The summed E-state index contributed by atoms with van der Waals surface area (Å²) in [4.78, 5) is 5.03. The van der Waals surface area contributed by atoms with Gasteiger partial charge in [0.05, 0.1) is 17.7 Å². The van der Waals surface area contributed by atoms with E-state index in [9.17, 15) is 8.42 Å². The molecule has 158 valence electrons. The van der Waals surface area contributed by atoms with Crippen LogP contribution < -0.4 is 10.6 Å². The molecule has 3 aromatic rings. The zero-order valence-corrected chi connectivity index (χ0v) is 18.1. The van der Waals surface area contributed by atoms with Gasteiger partial charge < -0.3 is 15.1 Å². The molecular weight excluding hydrogens is 398 g/mol. The molecule has 1 heterocycles. The molecule has 0 aliphatic carbocycles. The fourth-order valence-corrected chi connectivity index (χ4v) is 4.07. The lowest BCUT2D eigenvalue weighted by Gasteiger charge is -2.13. The van der Waals surface area contributed by atoms with Gasteiger partial charge in [-0.2, -0.15) is 0 Å². The molecule has 0 spiro atoms. The Balaban J connectivity index is 1.67. The number of furan rings is 1. The highest BCUT2D eigenvalue weighted by molar-refractivity contribution is 7.90. The lowest BCUT2D eigenvalue weighted by molar-refractivity contribution is 0.506. The zero-order chi connectivity index (χ0) is 21.4. The summed E-state index contributed by atoms with van der Waals surface area (Å²) in [7, 11) is -3.22. The Hall–Kier alpha value is -3.06. The molecule has 0 saturated heterocycles. The van der Waals surface area contributed by atoms with E-state index < -0.39 is 9.84 Å². The van der Waals surface area contributed by atoms with Crippen molar-refractivity contribution in [1.29, 1.82) is 0 Å². The van der Waals surface area contributed by atoms with Gasteiger partial charge in [0, 0.05) is 25.8 Å². The minimum atomic E-state index is -3.22. The second kappa shape index (κ2) is 10.1. The van der Waals surface area contributed by atoms with Crippen molar-refractivity contribution < 1.29 is 12.8 Å². The van der Waals surface area contributed by atoms with E-state index in [0.29, 0.717) is 30.5 Å². The van der Waals surface area contributed by atoms with Crippen LogP contribution in [0, 0.1) is 6.92 Å². The number of nitrogens with zero attached hydrogens (tertiary/aromatic N) is 1. The van der Waals surface area contributed by atoms with Gasteiger partial charge in [-0.05, 0) is 41.8 Å². The summed E-state index contributed by atoms with van der Waals surface area (Å²) in [5.74, 6) is 1.60. The second-order valence-electron chi connectivity index (χ2n) is 7.13. The van der Waals surface area contributed by atoms with Crippen molar-refractivity contribution in [1.82, 2.24) is 10.6 Å². The highest BCUT2D eigenvalue weighted by Gasteiger charge is 2.11. The van der Waals surface area contributed by atoms with Gasteiger partial charge in [-0.25, -0.2) is 13.4 Å².